The van der Waals surface area contributed by atoms with Crippen LogP contribution in [-0.2, 0) is 6.54 Å². The number of hydrogen-bond acceptors (Lipinski definition) is 5. The molecule has 5 nitrogen and oxygen atoms in total. The van der Waals surface area contributed by atoms with Gasteiger partial charge in [0.05, 0.1) is 12.1 Å². The molecule has 2 heterocycles. The van der Waals surface area contributed by atoms with Crippen LogP contribution in [0.5, 0.6) is 0 Å². The molecule has 0 aromatic carbocycles. The first-order valence-corrected chi connectivity index (χ1v) is 6.91. The summed E-state index contributed by atoms with van der Waals surface area (Å²) >= 11 is 4.82. The molecule has 100 valence electrons. The second-order valence-corrected chi connectivity index (χ2v) is 5.49. The van der Waals surface area contributed by atoms with E-state index in [2.05, 4.69) is 31.7 Å². The van der Waals surface area contributed by atoms with E-state index in [1.54, 1.807) is 0 Å². The van der Waals surface area contributed by atoms with E-state index in [4.69, 9.17) is 5.84 Å². The maximum Gasteiger partial charge on any atom is 0.254 e. The highest BCUT2D eigenvalue weighted by Crippen LogP contribution is 2.20. The van der Waals surface area contributed by atoms with Crippen molar-refractivity contribution in [3.05, 3.63) is 44.4 Å². The number of rotatable bonds is 4. The Morgan fingerprint density at radius 1 is 1.58 bits per heavy atom. The van der Waals surface area contributed by atoms with Crippen LogP contribution in [0.2, 0.25) is 0 Å². The minimum Gasteiger partial charge on any atom is -0.347 e. The second-order valence-electron chi connectivity index (χ2n) is 3.58. The Bertz CT molecular complexity index is 604. The first kappa shape index (κ1) is 13.9. The van der Waals surface area contributed by atoms with Crippen LogP contribution in [-0.4, -0.2) is 10.9 Å². The van der Waals surface area contributed by atoms with Gasteiger partial charge < -0.3 is 10.7 Å². The first-order chi connectivity index (χ1) is 9.11. The average molecular weight is 345 g/mol. The molecule has 0 aliphatic carbocycles. The number of hydrazine groups is 1. The highest BCUT2D eigenvalue weighted by Gasteiger charge is 2.15. The molecule has 0 fully saturated rings. The van der Waals surface area contributed by atoms with E-state index in [1.165, 1.54) is 23.6 Å². The van der Waals surface area contributed by atoms with Crippen LogP contribution in [0.15, 0.2) is 28.2 Å². The number of pyridine rings is 1. The normalized spacial score (nSPS) is 10.3. The molecule has 2 aromatic heterocycles. The molecule has 0 aliphatic rings. The number of aromatic nitrogens is 1. The van der Waals surface area contributed by atoms with Gasteiger partial charge in [0, 0.05) is 20.9 Å². The number of hydrogen-bond donors (Lipinski definition) is 3. The lowest BCUT2D eigenvalue weighted by atomic mass is 10.2. The number of nitrogen functional groups attached to an aromatic ring is 1. The van der Waals surface area contributed by atoms with Gasteiger partial charge in [-0.3, -0.25) is 4.79 Å². The van der Waals surface area contributed by atoms with Gasteiger partial charge in [-0.1, -0.05) is 0 Å². The van der Waals surface area contributed by atoms with Gasteiger partial charge in [-0.15, -0.1) is 11.3 Å². The summed E-state index contributed by atoms with van der Waals surface area (Å²) in [6.45, 7) is 0.336. The van der Waals surface area contributed by atoms with Crippen LogP contribution in [0.25, 0.3) is 0 Å². The summed E-state index contributed by atoms with van der Waals surface area (Å²) < 4.78 is 14.7. The highest BCUT2D eigenvalue weighted by molar-refractivity contribution is 9.10. The van der Waals surface area contributed by atoms with Crippen molar-refractivity contribution in [3.8, 4) is 0 Å². The van der Waals surface area contributed by atoms with Gasteiger partial charge >= 0.3 is 0 Å². The van der Waals surface area contributed by atoms with Gasteiger partial charge in [-0.2, -0.15) is 0 Å². The summed E-state index contributed by atoms with van der Waals surface area (Å²) in [6.07, 6.45) is 1.31. The molecule has 0 spiro atoms. The molecule has 8 heteroatoms. The molecule has 2 aromatic rings. The number of halogens is 2. The zero-order chi connectivity index (χ0) is 13.8. The zero-order valence-electron chi connectivity index (χ0n) is 9.61. The van der Waals surface area contributed by atoms with Crippen molar-refractivity contribution >= 4 is 39.0 Å². The number of nitrogens with zero attached hydrogens (tertiary/aromatic N) is 1. The Morgan fingerprint density at radius 3 is 3.00 bits per heavy atom. The molecular formula is C11H10BrFN4OS. The van der Waals surface area contributed by atoms with Crippen molar-refractivity contribution in [1.29, 1.82) is 0 Å². The van der Waals surface area contributed by atoms with E-state index in [1.807, 2.05) is 11.4 Å². The van der Waals surface area contributed by atoms with Crippen LogP contribution in [0, 0.1) is 5.82 Å². The van der Waals surface area contributed by atoms with Gasteiger partial charge in [0.15, 0.2) is 11.6 Å². The van der Waals surface area contributed by atoms with E-state index in [9.17, 15) is 9.18 Å². The second kappa shape index (κ2) is 6.09. The molecule has 19 heavy (non-hydrogen) atoms. The summed E-state index contributed by atoms with van der Waals surface area (Å²) in [7, 11) is 0. The molecule has 0 bridgehead atoms. The fourth-order valence-corrected chi connectivity index (χ4v) is 2.82. The topological polar surface area (TPSA) is 80.0 Å². The number of nitrogens with one attached hydrogen (secondary N) is 2. The van der Waals surface area contributed by atoms with E-state index in [-0.39, 0.29) is 11.4 Å². The molecule has 0 saturated heterocycles. The standard InChI is InChI=1S/C11H10BrFN4OS/c12-6-3-7(19-5-6)4-16-11(18)8-1-2-15-10(17-14)9(8)13/h1-3,5H,4,14H2,(H,15,17)(H,16,18). The van der Waals surface area contributed by atoms with Crippen LogP contribution in [0.3, 0.4) is 0 Å². The average Bonchev–Trinajstić information content (AvgIpc) is 2.82. The Morgan fingerprint density at radius 2 is 2.37 bits per heavy atom. The lowest BCUT2D eigenvalue weighted by Crippen LogP contribution is -2.24. The van der Waals surface area contributed by atoms with E-state index >= 15 is 0 Å². The molecule has 0 radical (unpaired) electrons. The summed E-state index contributed by atoms with van der Waals surface area (Å²) in [5.41, 5.74) is 2.00. The fraction of sp³-hybridized carbons (Fsp3) is 0.0909. The van der Waals surface area contributed by atoms with Crippen molar-refractivity contribution in [2.45, 2.75) is 6.54 Å². The maximum atomic E-state index is 13.8. The van der Waals surface area contributed by atoms with Crippen LogP contribution in [0.1, 0.15) is 15.2 Å². The molecule has 1 amide bonds. The fourth-order valence-electron chi connectivity index (χ4n) is 1.43. The van der Waals surface area contributed by atoms with Crippen molar-refractivity contribution in [2.75, 3.05) is 5.43 Å². The Kier molecular flexibility index (Phi) is 4.46. The number of carbonyl (C=O) groups is 1. The molecule has 4 N–H and O–H groups in total. The summed E-state index contributed by atoms with van der Waals surface area (Å²) in [5, 5.41) is 4.54. The predicted molar refractivity (Wildman–Crippen MR) is 75.2 cm³/mol. The van der Waals surface area contributed by atoms with Crippen LogP contribution in [0.4, 0.5) is 10.2 Å². The van der Waals surface area contributed by atoms with Gasteiger partial charge in [-0.25, -0.2) is 15.2 Å². The molecule has 0 unspecified atom stereocenters. The Balaban J connectivity index is 2.08. The number of thiophene rings is 1. The molecule has 0 atom stereocenters. The third-order valence-corrected chi connectivity index (χ3v) is 4.01. The SMILES string of the molecule is NNc1nccc(C(=O)NCc2cc(Br)cs2)c1F. The van der Waals surface area contributed by atoms with Crippen molar-refractivity contribution in [1.82, 2.24) is 10.3 Å². The third kappa shape index (κ3) is 3.28. The zero-order valence-corrected chi connectivity index (χ0v) is 12.0. The monoisotopic (exact) mass is 344 g/mol. The predicted octanol–water partition coefficient (Wildman–Crippen LogP) is 2.26. The van der Waals surface area contributed by atoms with Crippen LogP contribution < -0.4 is 16.6 Å². The largest absolute Gasteiger partial charge is 0.347 e. The summed E-state index contributed by atoms with van der Waals surface area (Å²) in [5.74, 6) is 3.66. The molecular weight excluding hydrogens is 335 g/mol. The van der Waals surface area contributed by atoms with E-state index in [0.717, 1.165) is 9.35 Å². The van der Waals surface area contributed by atoms with E-state index < -0.39 is 11.7 Å². The Labute approximate surface area is 121 Å². The summed E-state index contributed by atoms with van der Waals surface area (Å²) in [6, 6.07) is 3.19. The Hall–Kier alpha value is -1.51. The van der Waals surface area contributed by atoms with Crippen molar-refractivity contribution in [2.24, 2.45) is 5.84 Å². The lowest BCUT2D eigenvalue weighted by Gasteiger charge is -2.07. The lowest BCUT2D eigenvalue weighted by molar-refractivity contribution is 0.0947. The van der Waals surface area contributed by atoms with Crippen molar-refractivity contribution < 1.29 is 9.18 Å². The highest BCUT2D eigenvalue weighted by atomic mass is 79.9. The van der Waals surface area contributed by atoms with Crippen LogP contribution >= 0.6 is 27.3 Å². The van der Waals surface area contributed by atoms with Gasteiger partial charge in [0.25, 0.3) is 5.91 Å². The number of amides is 1. The third-order valence-electron chi connectivity index (χ3n) is 2.32. The number of carbonyl (C=O) groups excluding carboxylic acids is 1. The first-order valence-electron chi connectivity index (χ1n) is 5.24. The smallest absolute Gasteiger partial charge is 0.254 e. The van der Waals surface area contributed by atoms with E-state index in [0.29, 0.717) is 6.54 Å². The molecule has 2 rings (SSSR count). The van der Waals surface area contributed by atoms with Gasteiger partial charge in [-0.05, 0) is 28.1 Å². The number of anilines is 1. The van der Waals surface area contributed by atoms with Gasteiger partial charge in [0.2, 0.25) is 0 Å². The quantitative estimate of drug-likeness (QED) is 0.587. The molecule has 0 aliphatic heterocycles. The molecule has 0 saturated carbocycles. The number of nitrogens with two attached hydrogens (primary N) is 1. The van der Waals surface area contributed by atoms with Gasteiger partial charge in [0.1, 0.15) is 0 Å². The summed E-state index contributed by atoms with van der Waals surface area (Å²) in [4.78, 5) is 16.5. The maximum absolute atomic E-state index is 13.8. The minimum absolute atomic E-state index is 0.0985. The minimum atomic E-state index is -0.769. The van der Waals surface area contributed by atoms with Crippen molar-refractivity contribution in [3.63, 3.8) is 0 Å².